The molecule has 0 saturated carbocycles. The summed E-state index contributed by atoms with van der Waals surface area (Å²) in [4.78, 5) is 8.89. The van der Waals surface area contributed by atoms with Crippen molar-refractivity contribution < 1.29 is 9.47 Å². The number of hydrogen-bond donors (Lipinski definition) is 1. The van der Waals surface area contributed by atoms with Gasteiger partial charge in [-0.05, 0) is 13.8 Å². The maximum atomic E-state index is 5.79. The van der Waals surface area contributed by atoms with Gasteiger partial charge < -0.3 is 14.8 Å². The molecule has 0 bridgehead atoms. The second-order valence-electron chi connectivity index (χ2n) is 4.08. The molecule has 0 unspecified atom stereocenters. The topological polar surface area (TPSA) is 56.3 Å². The molecule has 0 aromatic carbocycles. The quantitative estimate of drug-likeness (QED) is 0.842. The molecule has 2 heterocycles. The Bertz CT molecular complexity index is 392. The second kappa shape index (κ2) is 5.31. The number of aryl methyl sites for hydroxylation is 1. The normalized spacial score (nSPS) is 15.5. The molecule has 94 valence electrons. The Morgan fingerprint density at radius 2 is 2.12 bits per heavy atom. The summed E-state index contributed by atoms with van der Waals surface area (Å²) < 4.78 is 10.9. The van der Waals surface area contributed by atoms with E-state index in [0.717, 1.165) is 30.2 Å². The van der Waals surface area contributed by atoms with Gasteiger partial charge >= 0.3 is 0 Å². The van der Waals surface area contributed by atoms with E-state index >= 15 is 0 Å². The van der Waals surface area contributed by atoms with E-state index in [-0.39, 0.29) is 6.10 Å². The van der Waals surface area contributed by atoms with Gasteiger partial charge in [-0.25, -0.2) is 4.98 Å². The highest BCUT2D eigenvalue weighted by Gasteiger charge is 2.22. The van der Waals surface area contributed by atoms with E-state index < -0.39 is 0 Å². The van der Waals surface area contributed by atoms with Crippen LogP contribution in [0.15, 0.2) is 0 Å². The van der Waals surface area contributed by atoms with Gasteiger partial charge in [-0.3, -0.25) is 0 Å². The second-order valence-corrected chi connectivity index (χ2v) is 4.08. The molecule has 0 radical (unpaired) electrons. The Morgan fingerprint density at radius 1 is 1.35 bits per heavy atom. The molecule has 1 saturated heterocycles. The molecule has 1 N–H and O–H groups in total. The Morgan fingerprint density at radius 3 is 2.65 bits per heavy atom. The number of aromatic nitrogens is 2. The molecule has 0 aliphatic carbocycles. The van der Waals surface area contributed by atoms with Crippen LogP contribution in [0.1, 0.15) is 25.2 Å². The van der Waals surface area contributed by atoms with Gasteiger partial charge in [-0.1, -0.05) is 6.92 Å². The van der Waals surface area contributed by atoms with Crippen molar-refractivity contribution in [2.45, 2.75) is 33.3 Å². The third-order valence-corrected chi connectivity index (χ3v) is 2.69. The molecule has 0 atom stereocenters. The van der Waals surface area contributed by atoms with E-state index in [9.17, 15) is 0 Å². The van der Waals surface area contributed by atoms with E-state index in [1.54, 1.807) is 0 Å². The summed E-state index contributed by atoms with van der Waals surface area (Å²) in [5.41, 5.74) is 0.968. The largest absolute Gasteiger partial charge is 0.469 e. The minimum absolute atomic E-state index is 0.141. The van der Waals surface area contributed by atoms with Crippen LogP contribution >= 0.6 is 0 Å². The highest BCUT2D eigenvalue weighted by atomic mass is 16.6. The Labute approximate surface area is 102 Å². The third kappa shape index (κ3) is 2.66. The summed E-state index contributed by atoms with van der Waals surface area (Å²) >= 11 is 0. The molecular formula is C12H19N3O2. The minimum Gasteiger partial charge on any atom is -0.469 e. The first-order chi connectivity index (χ1) is 8.24. The summed E-state index contributed by atoms with van der Waals surface area (Å²) in [5, 5.41) is 3.24. The first-order valence-electron chi connectivity index (χ1n) is 6.10. The maximum absolute atomic E-state index is 5.79. The van der Waals surface area contributed by atoms with Gasteiger partial charge in [0, 0.05) is 13.0 Å². The minimum atomic E-state index is 0.141. The van der Waals surface area contributed by atoms with E-state index in [1.807, 2.05) is 20.8 Å². The predicted octanol–water partition coefficient (Wildman–Crippen LogP) is 1.56. The van der Waals surface area contributed by atoms with Gasteiger partial charge in [0.2, 0.25) is 5.88 Å². The highest BCUT2D eigenvalue weighted by Crippen LogP contribution is 2.24. The molecule has 0 amide bonds. The SMILES string of the molecule is CCNc1nc(CC)nc(OC2COC2)c1C. The first kappa shape index (κ1) is 12.1. The number of hydrogen-bond acceptors (Lipinski definition) is 5. The summed E-state index contributed by atoms with van der Waals surface area (Å²) in [6, 6.07) is 0. The molecular weight excluding hydrogens is 218 g/mol. The van der Waals surface area contributed by atoms with Crippen LogP contribution in [-0.2, 0) is 11.2 Å². The van der Waals surface area contributed by atoms with E-state index in [4.69, 9.17) is 9.47 Å². The van der Waals surface area contributed by atoms with E-state index in [0.29, 0.717) is 19.1 Å². The van der Waals surface area contributed by atoms with Gasteiger partial charge in [0.25, 0.3) is 0 Å². The number of ether oxygens (including phenoxy) is 2. The molecule has 0 spiro atoms. The van der Waals surface area contributed by atoms with Crippen LogP contribution in [0.2, 0.25) is 0 Å². The van der Waals surface area contributed by atoms with Crippen LogP contribution in [0.25, 0.3) is 0 Å². The van der Waals surface area contributed by atoms with E-state index in [1.165, 1.54) is 0 Å². The fourth-order valence-electron chi connectivity index (χ4n) is 1.59. The van der Waals surface area contributed by atoms with Crippen molar-refractivity contribution in [2.24, 2.45) is 0 Å². The fourth-order valence-corrected chi connectivity index (χ4v) is 1.59. The van der Waals surface area contributed by atoms with Crippen LogP contribution in [0.3, 0.4) is 0 Å². The van der Waals surface area contributed by atoms with Gasteiger partial charge in [-0.15, -0.1) is 0 Å². The van der Waals surface area contributed by atoms with Crippen molar-refractivity contribution in [3.8, 4) is 5.88 Å². The molecule has 1 aliphatic rings. The Kier molecular flexibility index (Phi) is 3.78. The monoisotopic (exact) mass is 237 g/mol. The van der Waals surface area contributed by atoms with Crippen molar-refractivity contribution in [3.05, 3.63) is 11.4 Å². The highest BCUT2D eigenvalue weighted by molar-refractivity contribution is 5.48. The summed E-state index contributed by atoms with van der Waals surface area (Å²) in [6.07, 6.45) is 0.943. The zero-order chi connectivity index (χ0) is 12.3. The molecule has 5 heteroatoms. The lowest BCUT2D eigenvalue weighted by molar-refractivity contribution is -0.0816. The van der Waals surface area contributed by atoms with Crippen molar-refractivity contribution in [2.75, 3.05) is 25.1 Å². The lowest BCUT2D eigenvalue weighted by Gasteiger charge is -2.27. The third-order valence-electron chi connectivity index (χ3n) is 2.69. The Balaban J connectivity index is 2.24. The number of rotatable bonds is 5. The number of anilines is 1. The fraction of sp³-hybridized carbons (Fsp3) is 0.667. The van der Waals surface area contributed by atoms with Gasteiger partial charge in [0.1, 0.15) is 17.7 Å². The average molecular weight is 237 g/mol. The smallest absolute Gasteiger partial charge is 0.222 e. The first-order valence-corrected chi connectivity index (χ1v) is 6.10. The lowest BCUT2D eigenvalue weighted by atomic mass is 10.3. The summed E-state index contributed by atoms with van der Waals surface area (Å²) in [5.74, 6) is 2.36. The van der Waals surface area contributed by atoms with Crippen LogP contribution < -0.4 is 10.1 Å². The molecule has 1 aromatic heterocycles. The molecule has 1 aromatic rings. The van der Waals surface area contributed by atoms with Crippen LogP contribution in [0.4, 0.5) is 5.82 Å². The predicted molar refractivity (Wildman–Crippen MR) is 65.5 cm³/mol. The number of nitrogens with one attached hydrogen (secondary N) is 1. The maximum Gasteiger partial charge on any atom is 0.222 e. The van der Waals surface area contributed by atoms with Crippen molar-refractivity contribution in [3.63, 3.8) is 0 Å². The summed E-state index contributed by atoms with van der Waals surface area (Å²) in [7, 11) is 0. The standard InChI is InChI=1S/C12H19N3O2/c1-4-10-14-11(13-5-2)8(3)12(15-10)17-9-6-16-7-9/h9H,4-7H2,1-3H3,(H,13,14,15). The molecule has 5 nitrogen and oxygen atoms in total. The van der Waals surface area contributed by atoms with Crippen LogP contribution in [0.5, 0.6) is 5.88 Å². The molecule has 17 heavy (non-hydrogen) atoms. The van der Waals surface area contributed by atoms with Gasteiger partial charge in [0.05, 0.1) is 18.8 Å². The van der Waals surface area contributed by atoms with Gasteiger partial charge in [0.15, 0.2) is 0 Å². The molecule has 2 rings (SSSR count). The van der Waals surface area contributed by atoms with Crippen molar-refractivity contribution >= 4 is 5.82 Å². The van der Waals surface area contributed by atoms with Crippen LogP contribution in [-0.4, -0.2) is 35.8 Å². The number of nitrogens with zero attached hydrogens (tertiary/aromatic N) is 2. The molecule has 1 fully saturated rings. The average Bonchev–Trinajstić information content (AvgIpc) is 2.28. The molecule has 1 aliphatic heterocycles. The zero-order valence-corrected chi connectivity index (χ0v) is 10.6. The Hall–Kier alpha value is -1.36. The van der Waals surface area contributed by atoms with E-state index in [2.05, 4.69) is 15.3 Å². The zero-order valence-electron chi connectivity index (χ0n) is 10.6. The van der Waals surface area contributed by atoms with Crippen molar-refractivity contribution in [1.29, 1.82) is 0 Å². The van der Waals surface area contributed by atoms with Gasteiger partial charge in [-0.2, -0.15) is 4.98 Å². The lowest BCUT2D eigenvalue weighted by Crippen LogP contribution is -2.39. The van der Waals surface area contributed by atoms with Crippen molar-refractivity contribution in [1.82, 2.24) is 9.97 Å². The van der Waals surface area contributed by atoms with Crippen LogP contribution in [0, 0.1) is 6.92 Å². The summed E-state index contributed by atoms with van der Waals surface area (Å²) in [6.45, 7) is 8.21.